The maximum atomic E-state index is 12.2. The van der Waals surface area contributed by atoms with E-state index in [2.05, 4.69) is 15.0 Å². The van der Waals surface area contributed by atoms with Gasteiger partial charge in [0.15, 0.2) is 5.65 Å². The maximum absolute atomic E-state index is 12.2. The van der Waals surface area contributed by atoms with Gasteiger partial charge in [-0.25, -0.2) is 4.98 Å². The van der Waals surface area contributed by atoms with Crippen molar-refractivity contribution < 1.29 is 9.53 Å². The molecule has 5 rings (SSSR count). The highest BCUT2D eigenvalue weighted by Gasteiger charge is 2.26. The third kappa shape index (κ3) is 1.90. The van der Waals surface area contributed by atoms with Crippen molar-refractivity contribution in [2.45, 2.75) is 25.9 Å². The summed E-state index contributed by atoms with van der Waals surface area (Å²) in [5.74, 6) is -0.0788. The second-order valence-corrected chi connectivity index (χ2v) is 6.41. The minimum atomic E-state index is -0.617. The van der Waals surface area contributed by atoms with E-state index in [1.165, 1.54) is 6.07 Å². The monoisotopic (exact) mass is 337 g/mol. The normalized spacial score (nSPS) is 14.6. The summed E-state index contributed by atoms with van der Waals surface area (Å²) in [6.07, 6.45) is 3.96. The molecule has 1 fully saturated rings. The molecule has 0 aliphatic heterocycles. The van der Waals surface area contributed by atoms with Gasteiger partial charge in [-0.3, -0.25) is 14.0 Å². The Bertz CT molecular complexity index is 1240. The first-order valence-corrected chi connectivity index (χ1v) is 8.06. The van der Waals surface area contributed by atoms with E-state index in [9.17, 15) is 9.59 Å². The second kappa shape index (κ2) is 4.62. The summed E-state index contributed by atoms with van der Waals surface area (Å²) < 4.78 is 7.52. The zero-order chi connectivity index (χ0) is 17.3. The lowest BCUT2D eigenvalue weighted by molar-refractivity contribution is 0.100. The molecule has 1 aliphatic rings. The van der Waals surface area contributed by atoms with E-state index in [1.54, 1.807) is 16.7 Å². The zero-order valence-electron chi connectivity index (χ0n) is 13.4. The first kappa shape index (κ1) is 14.1. The molecule has 0 spiro atoms. The molecule has 4 N–H and O–H groups in total. The summed E-state index contributed by atoms with van der Waals surface area (Å²) in [5.41, 5.74) is 9.03. The van der Waals surface area contributed by atoms with Crippen LogP contribution in [0.1, 0.15) is 28.8 Å². The van der Waals surface area contributed by atoms with E-state index in [1.807, 2.05) is 6.92 Å². The number of nitrogens with two attached hydrogens (primary N) is 1. The predicted octanol–water partition coefficient (Wildman–Crippen LogP) is 1.61. The van der Waals surface area contributed by atoms with E-state index in [0.29, 0.717) is 33.7 Å². The Morgan fingerprint density at radius 1 is 1.40 bits per heavy atom. The fourth-order valence-electron chi connectivity index (χ4n) is 3.26. The van der Waals surface area contributed by atoms with E-state index in [0.717, 1.165) is 18.4 Å². The van der Waals surface area contributed by atoms with Crippen molar-refractivity contribution >= 4 is 33.8 Å². The molecule has 1 saturated carbocycles. The molecule has 0 radical (unpaired) electrons. The van der Waals surface area contributed by atoms with Crippen LogP contribution in [0, 0.1) is 6.92 Å². The van der Waals surface area contributed by atoms with Crippen LogP contribution in [0.2, 0.25) is 0 Å². The highest BCUT2D eigenvalue weighted by molar-refractivity contribution is 6.12. The number of nitrogens with zero attached hydrogens (tertiary/aromatic N) is 2. The van der Waals surface area contributed by atoms with Gasteiger partial charge >= 0.3 is 0 Å². The Labute approximate surface area is 140 Å². The summed E-state index contributed by atoms with van der Waals surface area (Å²) in [4.78, 5) is 35.0. The van der Waals surface area contributed by atoms with Crippen molar-refractivity contribution in [3.8, 4) is 5.88 Å². The average Bonchev–Trinajstić information content (AvgIpc) is 3.20. The van der Waals surface area contributed by atoms with Crippen LogP contribution >= 0.6 is 0 Å². The van der Waals surface area contributed by atoms with Crippen molar-refractivity contribution in [3.05, 3.63) is 39.7 Å². The quantitative estimate of drug-likeness (QED) is 0.526. The molecular weight excluding hydrogens is 322 g/mol. The fraction of sp³-hybridized carbons (Fsp3) is 0.235. The fourth-order valence-corrected chi connectivity index (χ4v) is 3.26. The number of carbonyl (C=O) groups excluding carboxylic acids is 1. The van der Waals surface area contributed by atoms with Crippen LogP contribution in [0.4, 0.5) is 0 Å². The topological polar surface area (TPSA) is 118 Å². The molecule has 8 nitrogen and oxygen atoms in total. The molecule has 3 aromatic heterocycles. The molecule has 0 bridgehead atoms. The van der Waals surface area contributed by atoms with Crippen molar-refractivity contribution in [2.75, 3.05) is 0 Å². The number of aryl methyl sites for hydroxylation is 1. The van der Waals surface area contributed by atoms with Gasteiger partial charge in [0.25, 0.3) is 5.91 Å². The Morgan fingerprint density at radius 3 is 2.92 bits per heavy atom. The summed E-state index contributed by atoms with van der Waals surface area (Å²) in [7, 11) is 0. The zero-order valence-corrected chi connectivity index (χ0v) is 13.4. The van der Waals surface area contributed by atoms with Crippen LogP contribution in [-0.2, 0) is 0 Å². The first-order valence-electron chi connectivity index (χ1n) is 8.06. The molecule has 1 amide bonds. The predicted molar refractivity (Wildman–Crippen MR) is 92.1 cm³/mol. The molecule has 4 aromatic rings. The number of benzene rings is 1. The molecule has 1 aromatic carbocycles. The number of hydrogen-bond acceptors (Lipinski definition) is 4. The smallest absolute Gasteiger partial charge is 0.254 e. The number of amides is 1. The van der Waals surface area contributed by atoms with Gasteiger partial charge in [0.2, 0.25) is 11.3 Å². The summed E-state index contributed by atoms with van der Waals surface area (Å²) in [6, 6.07) is 3.23. The Hall–Kier alpha value is -3.29. The third-order valence-corrected chi connectivity index (χ3v) is 4.56. The van der Waals surface area contributed by atoms with Crippen molar-refractivity contribution in [3.63, 3.8) is 0 Å². The lowest BCUT2D eigenvalue weighted by Crippen LogP contribution is -2.11. The number of hydrogen-bond donors (Lipinski definition) is 3. The van der Waals surface area contributed by atoms with Gasteiger partial charge in [-0.1, -0.05) is 6.07 Å². The minimum Gasteiger partial charge on any atom is -0.475 e. The number of nitrogens with one attached hydrogen (secondary N) is 2. The molecule has 25 heavy (non-hydrogen) atoms. The molecule has 1 aliphatic carbocycles. The summed E-state index contributed by atoms with van der Waals surface area (Å²) in [6.45, 7) is 1.90. The third-order valence-electron chi connectivity index (χ3n) is 4.56. The van der Waals surface area contributed by atoms with Crippen LogP contribution in [0.5, 0.6) is 5.88 Å². The average molecular weight is 337 g/mol. The highest BCUT2D eigenvalue weighted by Crippen LogP contribution is 2.31. The van der Waals surface area contributed by atoms with Crippen molar-refractivity contribution in [2.24, 2.45) is 5.73 Å². The van der Waals surface area contributed by atoms with Crippen LogP contribution in [0.3, 0.4) is 0 Å². The maximum Gasteiger partial charge on any atom is 0.254 e. The lowest BCUT2D eigenvalue weighted by Gasteiger charge is -2.05. The number of aromatic amines is 2. The Kier molecular flexibility index (Phi) is 2.61. The SMILES string of the molecule is Cc1ccc(=O)c2nc3c(C(N)=O)c4[nH]c(OC5CC5)c[nH]c4n3c12. The van der Waals surface area contributed by atoms with E-state index in [4.69, 9.17) is 10.5 Å². The lowest BCUT2D eigenvalue weighted by atomic mass is 10.2. The second-order valence-electron chi connectivity index (χ2n) is 6.41. The summed E-state index contributed by atoms with van der Waals surface area (Å²) >= 11 is 0. The number of primary amides is 1. The summed E-state index contributed by atoms with van der Waals surface area (Å²) in [5, 5.41) is 0. The van der Waals surface area contributed by atoms with Gasteiger partial charge < -0.3 is 20.4 Å². The number of imidazole rings is 1. The van der Waals surface area contributed by atoms with Gasteiger partial charge in [-0.15, -0.1) is 0 Å². The molecule has 126 valence electrons. The van der Waals surface area contributed by atoms with Gasteiger partial charge in [0.05, 0.1) is 17.2 Å². The van der Waals surface area contributed by atoms with Gasteiger partial charge in [-0.05, 0) is 31.4 Å². The Balaban J connectivity index is 1.94. The first-order chi connectivity index (χ1) is 12.0. The number of H-pyrrole nitrogens is 2. The molecular formula is C17H15N5O3. The highest BCUT2D eigenvalue weighted by atomic mass is 16.5. The van der Waals surface area contributed by atoms with E-state index in [-0.39, 0.29) is 17.1 Å². The van der Waals surface area contributed by atoms with E-state index < -0.39 is 5.91 Å². The molecule has 8 heteroatoms. The van der Waals surface area contributed by atoms with Gasteiger partial charge in [-0.2, -0.15) is 0 Å². The van der Waals surface area contributed by atoms with E-state index >= 15 is 0 Å². The molecule has 3 heterocycles. The van der Waals surface area contributed by atoms with Crippen LogP contribution in [0.15, 0.2) is 23.1 Å². The number of rotatable bonds is 3. The minimum absolute atomic E-state index is 0.189. The van der Waals surface area contributed by atoms with Crippen LogP contribution < -0.4 is 15.9 Å². The van der Waals surface area contributed by atoms with Crippen LogP contribution in [-0.4, -0.2) is 31.4 Å². The number of ether oxygens (including phenoxy) is 1. The standard InChI is InChI=1S/C17H15N5O3/c1-7-2-5-9(23)12-14(7)22-16(21-12)11(15(18)24)13-17(22)19-6-10(20-13)25-8-3-4-8/h2,5-6,8,19-20H,3-4H2,1H3,(H2,18,24). The number of fused-ring (bicyclic) bond motifs is 5. The largest absolute Gasteiger partial charge is 0.475 e. The Morgan fingerprint density at radius 2 is 2.20 bits per heavy atom. The number of aromatic nitrogens is 4. The van der Waals surface area contributed by atoms with Gasteiger partial charge in [0, 0.05) is 0 Å². The van der Waals surface area contributed by atoms with Crippen molar-refractivity contribution in [1.29, 1.82) is 0 Å². The number of carbonyl (C=O) groups is 1. The van der Waals surface area contributed by atoms with Gasteiger partial charge in [0.1, 0.15) is 22.8 Å². The molecule has 0 atom stereocenters. The molecule has 0 saturated heterocycles. The van der Waals surface area contributed by atoms with Crippen molar-refractivity contribution in [1.82, 2.24) is 19.4 Å². The van der Waals surface area contributed by atoms with Crippen LogP contribution in [0.25, 0.3) is 27.8 Å². The molecule has 0 unspecified atom stereocenters.